The van der Waals surface area contributed by atoms with Crippen molar-refractivity contribution in [2.75, 3.05) is 23.7 Å². The molecular weight excluding hydrogens is 545 g/mol. The highest BCUT2D eigenvalue weighted by Crippen LogP contribution is 2.26. The Balaban J connectivity index is 2.04. The maximum absolute atomic E-state index is 13.9. The number of nitrogens with one attached hydrogen (secondary N) is 1. The predicted octanol–water partition coefficient (Wildman–Crippen LogP) is 4.84. The van der Waals surface area contributed by atoms with E-state index in [0.717, 1.165) is 27.3 Å². The maximum Gasteiger partial charge on any atom is 0.244 e. The molecule has 0 radical (unpaired) electrons. The van der Waals surface area contributed by atoms with Crippen molar-refractivity contribution in [2.45, 2.75) is 32.9 Å². The van der Waals surface area contributed by atoms with E-state index in [1.165, 1.54) is 11.0 Å². The fraction of sp³-hybridized carbons (Fsp3) is 0.286. The van der Waals surface area contributed by atoms with Crippen molar-refractivity contribution in [3.8, 4) is 0 Å². The van der Waals surface area contributed by atoms with Crippen LogP contribution in [0.5, 0.6) is 0 Å². The summed E-state index contributed by atoms with van der Waals surface area (Å²) in [4.78, 5) is 28.6. The molecule has 3 rings (SSSR count). The molecule has 202 valence electrons. The highest BCUT2D eigenvalue weighted by Gasteiger charge is 2.33. The lowest BCUT2D eigenvalue weighted by Crippen LogP contribution is -2.53. The van der Waals surface area contributed by atoms with Crippen molar-refractivity contribution in [1.82, 2.24) is 10.2 Å². The number of halogens is 2. The first-order valence-corrected chi connectivity index (χ1v) is 14.7. The van der Waals surface area contributed by atoms with Gasteiger partial charge >= 0.3 is 0 Å². The first-order valence-electron chi connectivity index (χ1n) is 12.1. The summed E-state index contributed by atoms with van der Waals surface area (Å²) in [5, 5.41) is 3.74. The van der Waals surface area contributed by atoms with Crippen LogP contribution in [0.3, 0.4) is 0 Å². The number of rotatable bonds is 11. The molecule has 38 heavy (non-hydrogen) atoms. The van der Waals surface area contributed by atoms with Crippen molar-refractivity contribution in [3.63, 3.8) is 0 Å². The summed E-state index contributed by atoms with van der Waals surface area (Å²) in [6.45, 7) is 3.56. The van der Waals surface area contributed by atoms with Crippen molar-refractivity contribution < 1.29 is 18.0 Å². The number of nitrogens with zero attached hydrogens (tertiary/aromatic N) is 2. The second kappa shape index (κ2) is 13.1. The second-order valence-electron chi connectivity index (χ2n) is 8.95. The van der Waals surface area contributed by atoms with Gasteiger partial charge in [-0.2, -0.15) is 0 Å². The Kier molecular flexibility index (Phi) is 10.2. The minimum Gasteiger partial charge on any atom is -0.355 e. The Morgan fingerprint density at radius 1 is 0.947 bits per heavy atom. The van der Waals surface area contributed by atoms with E-state index < -0.39 is 28.5 Å². The fourth-order valence-corrected chi connectivity index (χ4v) is 5.13. The Morgan fingerprint density at radius 2 is 1.61 bits per heavy atom. The standard InChI is InChI=1S/C28H31Cl2N3O4S/c1-4-31-28(35)26(16-21-8-6-5-7-9-21)32(18-22-11-13-23(29)14-12-22)27(34)19-33(38(3,36)37)24-15-10-20(2)25(30)17-24/h5-15,17,26H,4,16,18-19H2,1-3H3,(H,31,35)/t26-/m0/s1. The summed E-state index contributed by atoms with van der Waals surface area (Å²) in [5.41, 5.74) is 2.65. The number of benzene rings is 3. The van der Waals surface area contributed by atoms with Crippen LogP contribution in [-0.2, 0) is 32.6 Å². The average molecular weight is 577 g/mol. The number of carbonyl (C=O) groups is 2. The zero-order valence-corrected chi connectivity index (χ0v) is 23.9. The molecule has 2 amide bonds. The Morgan fingerprint density at radius 3 is 2.18 bits per heavy atom. The molecule has 7 nitrogen and oxygen atoms in total. The molecule has 0 aromatic heterocycles. The highest BCUT2D eigenvalue weighted by atomic mass is 35.5. The van der Waals surface area contributed by atoms with Gasteiger partial charge in [0.15, 0.2) is 0 Å². The summed E-state index contributed by atoms with van der Waals surface area (Å²) < 4.78 is 26.6. The summed E-state index contributed by atoms with van der Waals surface area (Å²) in [7, 11) is -3.86. The molecule has 0 spiro atoms. The third-order valence-corrected chi connectivity index (χ3v) is 7.81. The molecule has 0 unspecified atom stereocenters. The number of likely N-dealkylation sites (N-methyl/N-ethyl adjacent to an activating group) is 1. The molecule has 0 aliphatic rings. The number of anilines is 1. The molecule has 0 saturated heterocycles. The largest absolute Gasteiger partial charge is 0.355 e. The first kappa shape index (κ1) is 29.5. The van der Waals surface area contributed by atoms with Crippen LogP contribution >= 0.6 is 23.2 Å². The molecule has 1 N–H and O–H groups in total. The molecule has 0 fully saturated rings. The van der Waals surface area contributed by atoms with Crippen LogP contribution in [0.4, 0.5) is 5.69 Å². The molecule has 1 atom stereocenters. The molecule has 0 aliphatic carbocycles. The maximum atomic E-state index is 13.9. The van der Waals surface area contributed by atoms with Crippen molar-refractivity contribution >= 4 is 50.7 Å². The van der Waals surface area contributed by atoms with Gasteiger partial charge in [0.25, 0.3) is 0 Å². The van der Waals surface area contributed by atoms with Gasteiger partial charge in [-0.15, -0.1) is 0 Å². The number of carbonyl (C=O) groups excluding carboxylic acids is 2. The SMILES string of the molecule is CCNC(=O)[C@H](Cc1ccccc1)N(Cc1ccc(Cl)cc1)C(=O)CN(c1ccc(C)c(Cl)c1)S(C)(=O)=O. The molecule has 0 aliphatic heterocycles. The number of hydrogen-bond donors (Lipinski definition) is 1. The molecule has 0 heterocycles. The van der Waals surface area contributed by atoms with Gasteiger partial charge in [0.05, 0.1) is 11.9 Å². The molecule has 0 saturated carbocycles. The van der Waals surface area contributed by atoms with Gasteiger partial charge < -0.3 is 10.2 Å². The van der Waals surface area contributed by atoms with Gasteiger partial charge in [0.2, 0.25) is 21.8 Å². The van der Waals surface area contributed by atoms with Gasteiger partial charge in [-0.25, -0.2) is 8.42 Å². The average Bonchev–Trinajstić information content (AvgIpc) is 2.87. The van der Waals surface area contributed by atoms with E-state index in [1.54, 1.807) is 50.2 Å². The molecule has 3 aromatic rings. The first-order chi connectivity index (χ1) is 18.0. The number of sulfonamides is 1. The zero-order chi connectivity index (χ0) is 27.9. The topological polar surface area (TPSA) is 86.8 Å². The van der Waals surface area contributed by atoms with Crippen molar-refractivity contribution in [3.05, 3.63) is 99.5 Å². The van der Waals surface area contributed by atoms with Gasteiger partial charge in [-0.05, 0) is 54.8 Å². The lowest BCUT2D eigenvalue weighted by atomic mass is 10.0. The van der Waals surface area contributed by atoms with E-state index in [2.05, 4.69) is 5.32 Å². The minimum absolute atomic E-state index is 0.0803. The lowest BCUT2D eigenvalue weighted by molar-refractivity contribution is -0.140. The van der Waals surface area contributed by atoms with Crippen molar-refractivity contribution in [1.29, 1.82) is 0 Å². The quantitative estimate of drug-likeness (QED) is 0.354. The number of aryl methyl sites for hydroxylation is 1. The van der Waals surface area contributed by atoms with E-state index >= 15 is 0 Å². The monoisotopic (exact) mass is 575 g/mol. The highest BCUT2D eigenvalue weighted by molar-refractivity contribution is 7.92. The molecule has 10 heteroatoms. The van der Waals surface area contributed by atoms with Crippen LogP contribution in [0.15, 0.2) is 72.8 Å². The van der Waals surface area contributed by atoms with Gasteiger partial charge in [0.1, 0.15) is 12.6 Å². The third kappa shape index (κ3) is 7.96. The Hall–Kier alpha value is -3.07. The fourth-order valence-electron chi connectivity index (χ4n) is 3.98. The second-order valence-corrected chi connectivity index (χ2v) is 11.7. The smallest absolute Gasteiger partial charge is 0.244 e. The summed E-state index contributed by atoms with van der Waals surface area (Å²) in [6, 6.07) is 20.2. The predicted molar refractivity (Wildman–Crippen MR) is 153 cm³/mol. The van der Waals surface area contributed by atoms with Crippen LogP contribution in [-0.4, -0.2) is 50.5 Å². The van der Waals surface area contributed by atoms with Crippen molar-refractivity contribution in [2.24, 2.45) is 0 Å². The van der Waals surface area contributed by atoms with Crippen LogP contribution in [0.2, 0.25) is 10.0 Å². The number of amides is 2. The molecule has 0 bridgehead atoms. The van der Waals surface area contributed by atoms with Crippen LogP contribution in [0, 0.1) is 6.92 Å². The number of hydrogen-bond acceptors (Lipinski definition) is 4. The normalized spacial score (nSPS) is 12.0. The summed E-state index contributed by atoms with van der Waals surface area (Å²) >= 11 is 12.3. The molecule has 3 aromatic carbocycles. The van der Waals surface area contributed by atoms with E-state index in [4.69, 9.17) is 23.2 Å². The summed E-state index contributed by atoms with van der Waals surface area (Å²) in [5.74, 6) is -0.864. The third-order valence-electron chi connectivity index (χ3n) is 6.01. The Bertz CT molecular complexity index is 1370. The van der Waals surface area contributed by atoms with E-state index in [0.29, 0.717) is 16.6 Å². The van der Waals surface area contributed by atoms with E-state index in [-0.39, 0.29) is 24.6 Å². The summed E-state index contributed by atoms with van der Waals surface area (Å²) in [6.07, 6.45) is 1.28. The van der Waals surface area contributed by atoms with Crippen LogP contribution < -0.4 is 9.62 Å². The van der Waals surface area contributed by atoms with Gasteiger partial charge in [-0.1, -0.05) is 71.7 Å². The van der Waals surface area contributed by atoms with E-state index in [9.17, 15) is 18.0 Å². The minimum atomic E-state index is -3.86. The Labute approximate surface area is 234 Å². The van der Waals surface area contributed by atoms with Crippen LogP contribution in [0.1, 0.15) is 23.6 Å². The zero-order valence-electron chi connectivity index (χ0n) is 21.5. The van der Waals surface area contributed by atoms with E-state index in [1.807, 2.05) is 30.3 Å². The molecular formula is C28H31Cl2N3O4S. The van der Waals surface area contributed by atoms with Crippen LogP contribution in [0.25, 0.3) is 0 Å². The van der Waals surface area contributed by atoms with Gasteiger partial charge in [-0.3, -0.25) is 13.9 Å². The lowest BCUT2D eigenvalue weighted by Gasteiger charge is -2.33. The van der Waals surface area contributed by atoms with Gasteiger partial charge in [0, 0.05) is 29.6 Å².